The molecule has 1 atom stereocenters. The Balaban J connectivity index is 1.53. The van der Waals surface area contributed by atoms with E-state index >= 15 is 0 Å². The first-order valence-electron chi connectivity index (χ1n) is 10.6. The molecular formula is C24H26ClN3O3. The van der Waals surface area contributed by atoms with Crippen LogP contribution in [0.5, 0.6) is 0 Å². The molecule has 2 aromatic rings. The maximum Gasteiger partial charge on any atom is 0.327 e. The zero-order chi connectivity index (χ0) is 22.0. The molecule has 1 heterocycles. The van der Waals surface area contributed by atoms with Crippen LogP contribution in [0.15, 0.2) is 54.6 Å². The van der Waals surface area contributed by atoms with E-state index in [9.17, 15) is 14.4 Å². The number of amides is 4. The van der Waals surface area contributed by atoms with Gasteiger partial charge in [-0.3, -0.25) is 14.5 Å². The van der Waals surface area contributed by atoms with E-state index in [2.05, 4.69) is 5.32 Å². The number of hydrogen-bond donors (Lipinski definition) is 1. The predicted octanol–water partition coefficient (Wildman–Crippen LogP) is 4.14. The zero-order valence-corrected chi connectivity index (χ0v) is 18.3. The summed E-state index contributed by atoms with van der Waals surface area (Å²) in [5, 5.41) is 3.60. The maximum atomic E-state index is 13.2. The minimum atomic E-state index is -0.787. The van der Waals surface area contributed by atoms with E-state index in [1.54, 1.807) is 19.2 Å². The van der Waals surface area contributed by atoms with Gasteiger partial charge in [-0.15, -0.1) is 0 Å². The fourth-order valence-corrected chi connectivity index (χ4v) is 4.81. The summed E-state index contributed by atoms with van der Waals surface area (Å²) in [6.45, 7) is -0.291. The van der Waals surface area contributed by atoms with Crippen LogP contribution in [-0.2, 0) is 9.59 Å². The molecule has 1 aliphatic carbocycles. The lowest BCUT2D eigenvalue weighted by Crippen LogP contribution is -2.49. The first-order chi connectivity index (χ1) is 14.9. The van der Waals surface area contributed by atoms with Crippen molar-refractivity contribution in [1.29, 1.82) is 0 Å². The number of imide groups is 1. The van der Waals surface area contributed by atoms with E-state index in [0.29, 0.717) is 17.9 Å². The van der Waals surface area contributed by atoms with Gasteiger partial charge in [0.05, 0.1) is 6.04 Å². The Labute approximate surface area is 187 Å². The molecule has 162 valence electrons. The number of halogens is 1. The van der Waals surface area contributed by atoms with Crippen LogP contribution in [0.4, 0.5) is 4.79 Å². The second-order valence-electron chi connectivity index (χ2n) is 8.29. The monoisotopic (exact) mass is 439 g/mol. The average molecular weight is 440 g/mol. The van der Waals surface area contributed by atoms with Crippen LogP contribution in [0, 0.1) is 0 Å². The lowest BCUT2D eigenvalue weighted by atomic mass is 9.81. The molecule has 1 saturated heterocycles. The Hall–Kier alpha value is -2.86. The van der Waals surface area contributed by atoms with Crippen LogP contribution in [0.25, 0.3) is 0 Å². The molecule has 1 aliphatic heterocycles. The van der Waals surface area contributed by atoms with Crippen molar-refractivity contribution in [2.45, 2.75) is 43.7 Å². The van der Waals surface area contributed by atoms with E-state index in [1.807, 2.05) is 42.5 Å². The third-order valence-corrected chi connectivity index (χ3v) is 6.68. The number of rotatable bonds is 5. The smallest absolute Gasteiger partial charge is 0.327 e. The van der Waals surface area contributed by atoms with Gasteiger partial charge in [0.25, 0.3) is 5.91 Å². The lowest BCUT2D eigenvalue weighted by Gasteiger charge is -2.35. The van der Waals surface area contributed by atoms with Crippen molar-refractivity contribution in [3.8, 4) is 0 Å². The van der Waals surface area contributed by atoms with E-state index < -0.39 is 17.6 Å². The van der Waals surface area contributed by atoms with Gasteiger partial charge in [-0.1, -0.05) is 73.3 Å². The summed E-state index contributed by atoms with van der Waals surface area (Å²) in [6.07, 6.45) is 4.21. The molecule has 4 rings (SSSR count). The number of carbonyl (C=O) groups is 3. The van der Waals surface area contributed by atoms with Crippen LogP contribution < -0.4 is 5.32 Å². The molecule has 1 saturated carbocycles. The minimum absolute atomic E-state index is 0.252. The highest BCUT2D eigenvalue weighted by atomic mass is 35.5. The molecule has 1 spiro atoms. The van der Waals surface area contributed by atoms with Gasteiger partial charge in [-0.2, -0.15) is 0 Å². The summed E-state index contributed by atoms with van der Waals surface area (Å²) in [7, 11) is 1.67. The van der Waals surface area contributed by atoms with E-state index in [4.69, 9.17) is 11.6 Å². The first-order valence-corrected chi connectivity index (χ1v) is 11.0. The summed E-state index contributed by atoms with van der Waals surface area (Å²) in [5.74, 6) is -0.635. The zero-order valence-electron chi connectivity index (χ0n) is 17.5. The third kappa shape index (κ3) is 4.04. The summed E-state index contributed by atoms with van der Waals surface area (Å²) < 4.78 is 0. The van der Waals surface area contributed by atoms with Gasteiger partial charge in [0.2, 0.25) is 5.91 Å². The second kappa shape index (κ2) is 8.71. The molecule has 2 fully saturated rings. The first kappa shape index (κ1) is 21.4. The summed E-state index contributed by atoms with van der Waals surface area (Å²) in [5.41, 5.74) is 0.979. The fourth-order valence-electron chi connectivity index (χ4n) is 4.68. The van der Waals surface area contributed by atoms with Crippen molar-refractivity contribution in [2.24, 2.45) is 0 Å². The number of likely N-dealkylation sites (N-methyl/N-ethyl adjacent to an activating group) is 1. The summed E-state index contributed by atoms with van der Waals surface area (Å²) in [6, 6.07) is 16.0. The molecule has 31 heavy (non-hydrogen) atoms. The highest BCUT2D eigenvalue weighted by Crippen LogP contribution is 2.39. The van der Waals surface area contributed by atoms with Crippen LogP contribution in [0.1, 0.15) is 49.3 Å². The van der Waals surface area contributed by atoms with Crippen LogP contribution in [-0.4, -0.2) is 46.8 Å². The number of nitrogens with one attached hydrogen (secondary N) is 1. The number of benzene rings is 2. The van der Waals surface area contributed by atoms with Crippen LogP contribution in [0.3, 0.4) is 0 Å². The van der Waals surface area contributed by atoms with Crippen LogP contribution >= 0.6 is 11.6 Å². The molecule has 6 nitrogen and oxygen atoms in total. The van der Waals surface area contributed by atoms with Gasteiger partial charge in [0, 0.05) is 12.1 Å². The molecule has 0 bridgehead atoms. The Morgan fingerprint density at radius 2 is 1.61 bits per heavy atom. The number of carbonyl (C=O) groups excluding carboxylic acids is 3. The Bertz CT molecular complexity index is 971. The topological polar surface area (TPSA) is 69.7 Å². The predicted molar refractivity (Wildman–Crippen MR) is 119 cm³/mol. The average Bonchev–Trinajstić information content (AvgIpc) is 2.95. The molecule has 1 N–H and O–H groups in total. The third-order valence-electron chi connectivity index (χ3n) is 6.43. The maximum absolute atomic E-state index is 13.2. The van der Waals surface area contributed by atoms with Crippen molar-refractivity contribution < 1.29 is 14.4 Å². The Morgan fingerprint density at radius 1 is 1.00 bits per heavy atom. The van der Waals surface area contributed by atoms with Crippen molar-refractivity contribution in [1.82, 2.24) is 15.1 Å². The van der Waals surface area contributed by atoms with Gasteiger partial charge < -0.3 is 10.2 Å². The SMILES string of the molecule is CN1C(=O)N(CC(=O)NC(c2ccccc2)c2ccc(Cl)cc2)C(=O)C12CCCCC2. The Kier molecular flexibility index (Phi) is 6.01. The van der Waals surface area contributed by atoms with E-state index in [1.165, 1.54) is 4.90 Å². The van der Waals surface area contributed by atoms with Crippen molar-refractivity contribution in [3.63, 3.8) is 0 Å². The van der Waals surface area contributed by atoms with Crippen molar-refractivity contribution >= 4 is 29.4 Å². The quantitative estimate of drug-likeness (QED) is 0.712. The van der Waals surface area contributed by atoms with E-state index in [0.717, 1.165) is 35.3 Å². The Morgan fingerprint density at radius 3 is 2.26 bits per heavy atom. The normalized spacial score (nSPS) is 19.0. The molecule has 0 radical (unpaired) electrons. The van der Waals surface area contributed by atoms with Crippen molar-refractivity contribution in [3.05, 3.63) is 70.7 Å². The van der Waals surface area contributed by atoms with Crippen molar-refractivity contribution in [2.75, 3.05) is 13.6 Å². The van der Waals surface area contributed by atoms with E-state index in [-0.39, 0.29) is 18.4 Å². The minimum Gasteiger partial charge on any atom is -0.344 e. The number of nitrogens with zero attached hydrogens (tertiary/aromatic N) is 2. The molecule has 4 amide bonds. The molecular weight excluding hydrogens is 414 g/mol. The standard InChI is InChI=1S/C24H26ClN3O3/c1-27-23(31)28(22(30)24(27)14-6-3-7-15-24)16-20(29)26-21(17-8-4-2-5-9-17)18-10-12-19(25)13-11-18/h2,4-5,8-13,21H,3,6-7,14-16H2,1H3,(H,26,29). The molecule has 1 unspecified atom stereocenters. The van der Waals surface area contributed by atoms with Gasteiger partial charge in [0.1, 0.15) is 12.1 Å². The van der Waals surface area contributed by atoms with Crippen LogP contribution in [0.2, 0.25) is 5.02 Å². The van der Waals surface area contributed by atoms with Gasteiger partial charge >= 0.3 is 6.03 Å². The van der Waals surface area contributed by atoms with Gasteiger partial charge in [-0.05, 0) is 36.1 Å². The summed E-state index contributed by atoms with van der Waals surface area (Å²) in [4.78, 5) is 41.6. The highest BCUT2D eigenvalue weighted by Gasteiger charge is 2.55. The fraction of sp³-hybridized carbons (Fsp3) is 0.375. The van der Waals surface area contributed by atoms with Gasteiger partial charge in [0.15, 0.2) is 0 Å². The number of hydrogen-bond acceptors (Lipinski definition) is 3. The highest BCUT2D eigenvalue weighted by molar-refractivity contribution is 6.30. The largest absolute Gasteiger partial charge is 0.344 e. The molecule has 7 heteroatoms. The lowest BCUT2D eigenvalue weighted by molar-refractivity contribution is -0.137. The molecule has 2 aliphatic rings. The second-order valence-corrected chi connectivity index (χ2v) is 8.72. The molecule has 2 aromatic carbocycles. The van der Waals surface area contributed by atoms with Gasteiger partial charge in [-0.25, -0.2) is 4.79 Å². The summed E-state index contributed by atoms with van der Waals surface area (Å²) >= 11 is 6.02. The molecule has 0 aromatic heterocycles. The number of urea groups is 1.